The Kier molecular flexibility index (Phi) is 5.69. The minimum absolute atomic E-state index is 0.215. The molecule has 0 unspecified atom stereocenters. The lowest BCUT2D eigenvalue weighted by molar-refractivity contribution is -0.151. The summed E-state index contributed by atoms with van der Waals surface area (Å²) in [6, 6.07) is 13.3. The van der Waals surface area contributed by atoms with Gasteiger partial charge in [-0.2, -0.15) is 0 Å². The molecule has 0 saturated carbocycles. The van der Waals surface area contributed by atoms with E-state index >= 15 is 0 Å². The molecule has 27 heavy (non-hydrogen) atoms. The van der Waals surface area contributed by atoms with Crippen LogP contribution in [0.5, 0.6) is 5.75 Å². The van der Waals surface area contributed by atoms with Gasteiger partial charge in [-0.25, -0.2) is 4.39 Å². The predicted octanol–water partition coefficient (Wildman–Crippen LogP) is 4.15. The van der Waals surface area contributed by atoms with Crippen molar-refractivity contribution < 1.29 is 23.5 Å². The van der Waals surface area contributed by atoms with Gasteiger partial charge in [0.1, 0.15) is 17.5 Å². The van der Waals surface area contributed by atoms with Crippen molar-refractivity contribution in [3.8, 4) is 5.75 Å². The summed E-state index contributed by atoms with van der Waals surface area (Å²) in [4.78, 5) is 25.2. The van der Waals surface area contributed by atoms with Crippen molar-refractivity contribution in [2.75, 3.05) is 13.7 Å². The smallest absolute Gasteiger partial charge is 0.317 e. The molecule has 0 fully saturated rings. The summed E-state index contributed by atoms with van der Waals surface area (Å²) < 4.78 is 23.6. The van der Waals surface area contributed by atoms with E-state index in [9.17, 15) is 14.0 Å². The Hall–Kier alpha value is -2.95. The van der Waals surface area contributed by atoms with Gasteiger partial charge in [0.25, 0.3) is 0 Å². The molecule has 0 N–H and O–H groups in total. The maximum absolute atomic E-state index is 13.2. The number of benzene rings is 2. The van der Waals surface area contributed by atoms with Gasteiger partial charge < -0.3 is 9.47 Å². The summed E-state index contributed by atoms with van der Waals surface area (Å²) in [5.41, 5.74) is 2.40. The first-order chi connectivity index (χ1) is 13.0. The number of methoxy groups -OCH3 is 1. The Bertz CT molecular complexity index is 853. The van der Waals surface area contributed by atoms with Crippen molar-refractivity contribution in [3.05, 3.63) is 71.6 Å². The second kappa shape index (κ2) is 8.16. The first-order valence-electron chi connectivity index (χ1n) is 8.84. The molecule has 1 aliphatic rings. The lowest BCUT2D eigenvalue weighted by Gasteiger charge is -2.29. The molecule has 0 amide bonds. The van der Waals surface area contributed by atoms with E-state index in [0.29, 0.717) is 12.2 Å². The largest absolute Gasteiger partial charge is 0.497 e. The van der Waals surface area contributed by atoms with Gasteiger partial charge in [0.2, 0.25) is 0 Å². The molecule has 2 atom stereocenters. The third kappa shape index (κ3) is 4.08. The van der Waals surface area contributed by atoms with Crippen LogP contribution < -0.4 is 4.74 Å². The lowest BCUT2D eigenvalue weighted by Crippen LogP contribution is -2.34. The number of halogens is 1. The summed E-state index contributed by atoms with van der Waals surface area (Å²) in [5, 5.41) is 0. The lowest BCUT2D eigenvalue weighted by atomic mass is 9.73. The quantitative estimate of drug-likeness (QED) is 0.588. The zero-order valence-electron chi connectivity index (χ0n) is 15.3. The van der Waals surface area contributed by atoms with Gasteiger partial charge in [-0.15, -0.1) is 0 Å². The Morgan fingerprint density at radius 1 is 1.11 bits per heavy atom. The molecule has 2 aromatic carbocycles. The normalized spacial score (nSPS) is 19.4. The number of ether oxygens (including phenoxy) is 2. The van der Waals surface area contributed by atoms with Crippen LogP contribution in [0.15, 0.2) is 54.6 Å². The zero-order valence-corrected chi connectivity index (χ0v) is 15.3. The molecule has 0 aromatic heterocycles. The molecule has 4 nitrogen and oxygen atoms in total. The summed E-state index contributed by atoms with van der Waals surface area (Å²) in [6.45, 7) is 1.93. The molecule has 0 aliphatic heterocycles. The van der Waals surface area contributed by atoms with Gasteiger partial charge in [0.05, 0.1) is 13.7 Å². The average molecular weight is 368 g/mol. The number of rotatable bonds is 5. The van der Waals surface area contributed by atoms with Crippen molar-refractivity contribution in [3.63, 3.8) is 0 Å². The van der Waals surface area contributed by atoms with E-state index in [1.807, 2.05) is 12.1 Å². The summed E-state index contributed by atoms with van der Waals surface area (Å²) in [6.07, 6.45) is 1.96. The number of esters is 1. The van der Waals surface area contributed by atoms with Gasteiger partial charge in [-0.1, -0.05) is 24.3 Å². The van der Waals surface area contributed by atoms with E-state index in [2.05, 4.69) is 0 Å². The Morgan fingerprint density at radius 2 is 1.78 bits per heavy atom. The highest BCUT2D eigenvalue weighted by Crippen LogP contribution is 2.40. The van der Waals surface area contributed by atoms with E-state index in [0.717, 1.165) is 16.7 Å². The number of carbonyl (C=O) groups excluding carboxylic acids is 2. The van der Waals surface area contributed by atoms with E-state index in [4.69, 9.17) is 9.47 Å². The van der Waals surface area contributed by atoms with Gasteiger partial charge in [-0.05, 0) is 60.4 Å². The van der Waals surface area contributed by atoms with Gasteiger partial charge in [-0.3, -0.25) is 9.59 Å². The number of allylic oxidation sites excluding steroid dienone is 2. The van der Waals surface area contributed by atoms with Crippen LogP contribution in [-0.2, 0) is 14.3 Å². The maximum atomic E-state index is 13.2. The van der Waals surface area contributed by atoms with Crippen LogP contribution in [0.2, 0.25) is 0 Å². The second-order valence-corrected chi connectivity index (χ2v) is 6.39. The maximum Gasteiger partial charge on any atom is 0.317 e. The Balaban J connectivity index is 1.99. The van der Waals surface area contributed by atoms with Crippen molar-refractivity contribution in [2.45, 2.75) is 19.3 Å². The average Bonchev–Trinajstić information content (AvgIpc) is 2.68. The summed E-state index contributed by atoms with van der Waals surface area (Å²) in [5.74, 6) is -1.69. The fourth-order valence-electron chi connectivity index (χ4n) is 3.41. The minimum atomic E-state index is -0.887. The molecule has 3 rings (SSSR count). The fourth-order valence-corrected chi connectivity index (χ4v) is 3.41. The highest BCUT2D eigenvalue weighted by Gasteiger charge is 2.39. The molecule has 0 heterocycles. The fraction of sp³-hybridized carbons (Fsp3) is 0.273. The summed E-state index contributed by atoms with van der Waals surface area (Å²) in [7, 11) is 1.58. The van der Waals surface area contributed by atoms with Crippen LogP contribution in [0, 0.1) is 11.7 Å². The van der Waals surface area contributed by atoms with Crippen LogP contribution in [0.1, 0.15) is 30.4 Å². The summed E-state index contributed by atoms with van der Waals surface area (Å²) >= 11 is 0. The third-order valence-electron chi connectivity index (χ3n) is 4.76. The molecule has 0 saturated heterocycles. The Morgan fingerprint density at radius 3 is 2.37 bits per heavy atom. The third-order valence-corrected chi connectivity index (χ3v) is 4.76. The molecule has 0 spiro atoms. The van der Waals surface area contributed by atoms with Crippen LogP contribution in [0.4, 0.5) is 4.39 Å². The molecule has 2 aromatic rings. The van der Waals surface area contributed by atoms with Gasteiger partial charge in [0, 0.05) is 5.92 Å². The highest BCUT2D eigenvalue weighted by atomic mass is 19.1. The van der Waals surface area contributed by atoms with E-state index in [1.54, 1.807) is 38.3 Å². The first kappa shape index (κ1) is 18.8. The molecule has 5 heteroatoms. The molecular formula is C22H21FO4. The van der Waals surface area contributed by atoms with E-state index in [-0.39, 0.29) is 24.1 Å². The van der Waals surface area contributed by atoms with E-state index < -0.39 is 11.9 Å². The minimum Gasteiger partial charge on any atom is -0.497 e. The van der Waals surface area contributed by atoms with Crippen molar-refractivity contribution >= 4 is 17.3 Å². The van der Waals surface area contributed by atoms with Crippen molar-refractivity contribution in [1.29, 1.82) is 0 Å². The van der Waals surface area contributed by atoms with Crippen LogP contribution in [0.3, 0.4) is 0 Å². The predicted molar refractivity (Wildman–Crippen MR) is 99.9 cm³/mol. The standard InChI is InChI=1S/C22H21FO4/c1-3-27-22(25)21-19(15-6-10-18(26-2)11-7-15)12-16(13-20(21)24)14-4-8-17(23)9-5-14/h4-11,13,19,21H,3,12H2,1-2H3/t19-,21+/m1/s1. The number of hydrogen-bond donors (Lipinski definition) is 0. The van der Waals surface area contributed by atoms with Crippen molar-refractivity contribution in [1.82, 2.24) is 0 Å². The molecular weight excluding hydrogens is 347 g/mol. The second-order valence-electron chi connectivity index (χ2n) is 6.39. The topological polar surface area (TPSA) is 52.6 Å². The molecule has 0 bridgehead atoms. The molecule has 1 aliphatic carbocycles. The van der Waals surface area contributed by atoms with E-state index in [1.165, 1.54) is 18.2 Å². The monoisotopic (exact) mass is 368 g/mol. The SMILES string of the molecule is CCOC(=O)[C@@H]1C(=O)C=C(c2ccc(F)cc2)C[C@@H]1c1ccc(OC)cc1. The molecule has 0 radical (unpaired) electrons. The van der Waals surface area contributed by atoms with Gasteiger partial charge in [0.15, 0.2) is 5.78 Å². The number of ketones is 1. The zero-order chi connectivity index (χ0) is 19.4. The first-order valence-corrected chi connectivity index (χ1v) is 8.84. The highest BCUT2D eigenvalue weighted by molar-refractivity contribution is 6.10. The van der Waals surface area contributed by atoms with Crippen LogP contribution in [0.25, 0.3) is 5.57 Å². The van der Waals surface area contributed by atoms with Gasteiger partial charge >= 0.3 is 5.97 Å². The van der Waals surface area contributed by atoms with Crippen molar-refractivity contribution in [2.24, 2.45) is 5.92 Å². The Labute approximate surface area is 157 Å². The van der Waals surface area contributed by atoms with Crippen LogP contribution in [-0.4, -0.2) is 25.5 Å². The van der Waals surface area contributed by atoms with Crippen LogP contribution >= 0.6 is 0 Å². The number of carbonyl (C=O) groups is 2. The molecule has 140 valence electrons. The number of hydrogen-bond acceptors (Lipinski definition) is 4.